The number of hydrogen-bond donors (Lipinski definition) is 3. The Kier molecular flexibility index (Phi) is 5.90. The van der Waals surface area contributed by atoms with Gasteiger partial charge in [0.05, 0.1) is 53.1 Å². The summed E-state index contributed by atoms with van der Waals surface area (Å²) in [6.07, 6.45) is 9.19. The Morgan fingerprint density at radius 3 is 2.62 bits per heavy atom. The second kappa shape index (κ2) is 9.87. The summed E-state index contributed by atoms with van der Waals surface area (Å²) >= 11 is 1.75. The van der Waals surface area contributed by atoms with Gasteiger partial charge in [-0.3, -0.25) is 24.8 Å². The summed E-state index contributed by atoms with van der Waals surface area (Å²) in [5, 5.41) is 12.7. The van der Waals surface area contributed by atoms with Crippen LogP contribution >= 0.6 is 11.3 Å². The van der Waals surface area contributed by atoms with Crippen molar-refractivity contribution < 1.29 is 4.79 Å². The SMILES string of the molecule is Cc1ccc(-c2cncc3[nH]c(-c4n[nH]c5cnc(-c6cncc(NC(=O)Cc7ccccc7)c6)cc45)cc23)s1. The van der Waals surface area contributed by atoms with Crippen molar-refractivity contribution in [1.82, 2.24) is 30.1 Å². The van der Waals surface area contributed by atoms with E-state index in [2.05, 4.69) is 60.6 Å². The van der Waals surface area contributed by atoms with Crippen molar-refractivity contribution in [2.24, 2.45) is 0 Å². The summed E-state index contributed by atoms with van der Waals surface area (Å²) in [7, 11) is 0. The van der Waals surface area contributed by atoms with Crippen molar-refractivity contribution in [3.8, 4) is 33.1 Å². The second-order valence-electron chi connectivity index (χ2n) is 9.60. The molecule has 0 fully saturated rings. The van der Waals surface area contributed by atoms with E-state index in [1.807, 2.05) is 54.9 Å². The molecule has 0 unspecified atom stereocenters. The molecule has 1 aromatic carbocycles. The molecule has 0 bridgehead atoms. The highest BCUT2D eigenvalue weighted by Gasteiger charge is 2.16. The molecule has 6 aromatic heterocycles. The molecule has 0 aliphatic carbocycles. The molecule has 194 valence electrons. The number of aryl methyl sites for hydroxylation is 1. The smallest absolute Gasteiger partial charge is 0.228 e. The predicted octanol–water partition coefficient (Wildman–Crippen LogP) is 6.78. The fourth-order valence-electron chi connectivity index (χ4n) is 4.87. The van der Waals surface area contributed by atoms with Gasteiger partial charge in [-0.2, -0.15) is 5.10 Å². The molecule has 7 rings (SSSR count). The van der Waals surface area contributed by atoms with E-state index in [1.165, 1.54) is 9.75 Å². The van der Waals surface area contributed by atoms with E-state index in [-0.39, 0.29) is 5.91 Å². The van der Waals surface area contributed by atoms with E-state index in [0.717, 1.165) is 55.6 Å². The van der Waals surface area contributed by atoms with Gasteiger partial charge in [-0.25, -0.2) is 0 Å². The van der Waals surface area contributed by atoms with Gasteiger partial charge >= 0.3 is 0 Å². The van der Waals surface area contributed by atoms with Gasteiger partial charge in [0.1, 0.15) is 5.69 Å². The lowest BCUT2D eigenvalue weighted by Crippen LogP contribution is -2.14. The van der Waals surface area contributed by atoms with Gasteiger partial charge in [-0.05, 0) is 42.8 Å². The van der Waals surface area contributed by atoms with Crippen LogP contribution in [0.4, 0.5) is 5.69 Å². The van der Waals surface area contributed by atoms with Gasteiger partial charge in [-0.1, -0.05) is 30.3 Å². The van der Waals surface area contributed by atoms with Gasteiger partial charge in [0.2, 0.25) is 5.91 Å². The third-order valence-electron chi connectivity index (χ3n) is 6.78. The molecule has 0 saturated carbocycles. The number of benzene rings is 1. The number of H-pyrrole nitrogens is 2. The largest absolute Gasteiger partial charge is 0.352 e. The van der Waals surface area contributed by atoms with Gasteiger partial charge in [0.25, 0.3) is 0 Å². The number of aromatic amines is 2. The Labute approximate surface area is 233 Å². The number of nitrogens with one attached hydrogen (secondary N) is 3. The number of amides is 1. The molecular weight excluding hydrogens is 518 g/mol. The van der Waals surface area contributed by atoms with Crippen molar-refractivity contribution in [2.45, 2.75) is 13.3 Å². The van der Waals surface area contributed by atoms with Gasteiger partial charge in [-0.15, -0.1) is 11.3 Å². The minimum Gasteiger partial charge on any atom is -0.352 e. The van der Waals surface area contributed by atoms with E-state index in [9.17, 15) is 4.79 Å². The number of nitrogens with zero attached hydrogens (tertiary/aromatic N) is 4. The van der Waals surface area contributed by atoms with Crippen LogP contribution in [0.25, 0.3) is 54.9 Å². The highest BCUT2D eigenvalue weighted by molar-refractivity contribution is 7.15. The molecule has 0 saturated heterocycles. The number of pyridine rings is 3. The average Bonchev–Trinajstić information content (AvgIpc) is 3.71. The third kappa shape index (κ3) is 4.52. The van der Waals surface area contributed by atoms with E-state index < -0.39 is 0 Å². The van der Waals surface area contributed by atoms with Crippen LogP contribution in [0.15, 0.2) is 91.6 Å². The van der Waals surface area contributed by atoms with Crippen molar-refractivity contribution in [3.63, 3.8) is 0 Å². The van der Waals surface area contributed by atoms with Gasteiger partial charge in [0, 0.05) is 44.0 Å². The minimum atomic E-state index is -0.101. The van der Waals surface area contributed by atoms with Crippen molar-refractivity contribution >= 4 is 44.7 Å². The number of hydrogen-bond acceptors (Lipinski definition) is 6. The molecule has 9 heteroatoms. The molecule has 8 nitrogen and oxygen atoms in total. The molecule has 0 spiro atoms. The second-order valence-corrected chi connectivity index (χ2v) is 10.9. The maximum Gasteiger partial charge on any atom is 0.228 e. The Morgan fingerprint density at radius 1 is 0.900 bits per heavy atom. The minimum absolute atomic E-state index is 0.101. The fraction of sp³-hybridized carbons (Fsp3) is 0.0645. The number of rotatable bonds is 6. The summed E-state index contributed by atoms with van der Waals surface area (Å²) < 4.78 is 0. The quantitative estimate of drug-likeness (QED) is 0.215. The van der Waals surface area contributed by atoms with Crippen LogP contribution in [0.5, 0.6) is 0 Å². The third-order valence-corrected chi connectivity index (χ3v) is 7.81. The molecule has 0 atom stereocenters. The molecule has 40 heavy (non-hydrogen) atoms. The maximum atomic E-state index is 12.6. The monoisotopic (exact) mass is 541 g/mol. The lowest BCUT2D eigenvalue weighted by Gasteiger charge is -2.07. The Balaban J connectivity index is 1.21. The fourth-order valence-corrected chi connectivity index (χ4v) is 5.76. The first-order chi connectivity index (χ1) is 19.6. The maximum absolute atomic E-state index is 12.6. The average molecular weight is 542 g/mol. The molecular formula is C31H23N7OS. The van der Waals surface area contributed by atoms with Crippen LogP contribution in [0.3, 0.4) is 0 Å². The summed E-state index contributed by atoms with van der Waals surface area (Å²) in [4.78, 5) is 32.0. The zero-order chi connectivity index (χ0) is 27.1. The molecule has 0 radical (unpaired) electrons. The lowest BCUT2D eigenvalue weighted by atomic mass is 10.1. The molecule has 7 aromatic rings. The van der Waals surface area contributed by atoms with Crippen LogP contribution in [-0.4, -0.2) is 36.0 Å². The Hall–Kier alpha value is -5.15. The molecule has 1 amide bonds. The van der Waals surface area contributed by atoms with Crippen molar-refractivity contribution in [2.75, 3.05) is 5.32 Å². The van der Waals surface area contributed by atoms with E-state index in [0.29, 0.717) is 12.1 Å². The van der Waals surface area contributed by atoms with E-state index in [4.69, 9.17) is 0 Å². The van der Waals surface area contributed by atoms with Crippen LogP contribution in [-0.2, 0) is 11.2 Å². The van der Waals surface area contributed by atoms with Crippen molar-refractivity contribution in [3.05, 3.63) is 102 Å². The zero-order valence-electron chi connectivity index (χ0n) is 21.5. The summed E-state index contributed by atoms with van der Waals surface area (Å²) in [5.74, 6) is -0.101. The number of aromatic nitrogens is 6. The Bertz CT molecular complexity index is 2010. The molecule has 0 aliphatic rings. The summed E-state index contributed by atoms with van der Waals surface area (Å²) in [6, 6.07) is 19.9. The molecule has 0 aliphatic heterocycles. The zero-order valence-corrected chi connectivity index (χ0v) is 22.3. The van der Waals surface area contributed by atoms with Crippen LogP contribution in [0, 0.1) is 6.92 Å². The number of carbonyl (C=O) groups is 1. The summed E-state index contributed by atoms with van der Waals surface area (Å²) in [6.45, 7) is 2.11. The number of carbonyl (C=O) groups excluding carboxylic acids is 1. The predicted molar refractivity (Wildman–Crippen MR) is 159 cm³/mol. The first-order valence-electron chi connectivity index (χ1n) is 12.8. The topological polar surface area (TPSA) is 112 Å². The molecule has 3 N–H and O–H groups in total. The van der Waals surface area contributed by atoms with Crippen LogP contribution < -0.4 is 5.32 Å². The number of anilines is 1. The van der Waals surface area contributed by atoms with Gasteiger partial charge < -0.3 is 10.3 Å². The van der Waals surface area contributed by atoms with E-state index in [1.54, 1.807) is 29.9 Å². The lowest BCUT2D eigenvalue weighted by molar-refractivity contribution is -0.115. The Morgan fingerprint density at radius 2 is 1.77 bits per heavy atom. The van der Waals surface area contributed by atoms with Crippen molar-refractivity contribution in [1.29, 1.82) is 0 Å². The first kappa shape index (κ1) is 23.9. The highest BCUT2D eigenvalue weighted by atomic mass is 32.1. The normalized spacial score (nSPS) is 11.3. The molecule has 6 heterocycles. The first-order valence-corrected chi connectivity index (χ1v) is 13.6. The number of fused-ring (bicyclic) bond motifs is 2. The highest BCUT2D eigenvalue weighted by Crippen LogP contribution is 2.36. The summed E-state index contributed by atoms with van der Waals surface area (Å²) in [5.41, 5.74) is 7.65. The van der Waals surface area contributed by atoms with Crippen LogP contribution in [0.2, 0.25) is 0 Å². The number of thiophene rings is 1. The van der Waals surface area contributed by atoms with Gasteiger partial charge in [0.15, 0.2) is 0 Å². The standard InChI is InChI=1S/C31H23N7OS/c1-18-7-8-29(40-18)24-15-33-16-27-22(24)11-26(36-27)31-23-12-25(34-17-28(23)37-38-31)20-10-21(14-32-13-20)35-30(39)9-19-5-3-2-4-6-19/h2-8,10-17,36H,9H2,1H3,(H,35,39)(H,37,38). The van der Waals surface area contributed by atoms with Crippen LogP contribution in [0.1, 0.15) is 10.4 Å². The van der Waals surface area contributed by atoms with E-state index >= 15 is 0 Å².